The van der Waals surface area contributed by atoms with Crippen LogP contribution in [0.5, 0.6) is 0 Å². The predicted molar refractivity (Wildman–Crippen MR) is 94.5 cm³/mol. The Morgan fingerprint density at radius 1 is 1.28 bits per heavy atom. The van der Waals surface area contributed by atoms with E-state index in [0.29, 0.717) is 22.8 Å². The van der Waals surface area contributed by atoms with E-state index in [1.807, 2.05) is 12.1 Å². The van der Waals surface area contributed by atoms with Crippen LogP contribution < -0.4 is 16.2 Å². The molecule has 0 saturated carbocycles. The molecule has 2 amide bonds. The predicted octanol–water partition coefficient (Wildman–Crippen LogP) is 1.36. The first-order chi connectivity index (χ1) is 12.1. The Labute approximate surface area is 147 Å². The summed E-state index contributed by atoms with van der Waals surface area (Å²) in [5.41, 5.74) is 2.60. The van der Waals surface area contributed by atoms with Gasteiger partial charge < -0.3 is 25.7 Å². The quantitative estimate of drug-likeness (QED) is 0.471. The van der Waals surface area contributed by atoms with E-state index in [1.54, 1.807) is 6.07 Å². The summed E-state index contributed by atoms with van der Waals surface area (Å²) >= 11 is 6.32. The highest BCUT2D eigenvalue weighted by molar-refractivity contribution is 6.34. The van der Waals surface area contributed by atoms with Gasteiger partial charge in [0.25, 0.3) is 5.56 Å². The maximum absolute atomic E-state index is 11.5. The molecule has 130 valence electrons. The molecule has 1 aromatic carbocycles. The number of amides is 2. The summed E-state index contributed by atoms with van der Waals surface area (Å²) < 4.78 is 0. The number of carbonyl (C=O) groups excluding carboxylic acids is 1. The molecule has 5 N–H and O–H groups in total. The number of H-pyrrole nitrogens is 2. The maximum Gasteiger partial charge on any atom is 0.315 e. The van der Waals surface area contributed by atoms with E-state index in [4.69, 9.17) is 16.7 Å². The molecule has 0 bridgehead atoms. The smallest absolute Gasteiger partial charge is 0.315 e. The van der Waals surface area contributed by atoms with E-state index in [-0.39, 0.29) is 24.7 Å². The number of aliphatic hydroxyl groups excluding tert-OH is 1. The molecule has 0 atom stereocenters. The molecular weight excluding hydrogens is 346 g/mol. The first-order valence-corrected chi connectivity index (χ1v) is 7.93. The Hall–Kier alpha value is -2.84. The van der Waals surface area contributed by atoms with Crippen molar-refractivity contribution < 1.29 is 9.90 Å². The zero-order chi connectivity index (χ0) is 17.8. The lowest BCUT2D eigenvalue weighted by atomic mass is 10.1. The van der Waals surface area contributed by atoms with Crippen LogP contribution in [0.4, 0.5) is 4.79 Å². The fourth-order valence-electron chi connectivity index (χ4n) is 2.40. The van der Waals surface area contributed by atoms with Crippen molar-refractivity contribution in [1.29, 1.82) is 0 Å². The molecular formula is C16H16ClN5O3. The average Bonchev–Trinajstić information content (AvgIpc) is 3.00. The normalized spacial score (nSPS) is 10.8. The third kappa shape index (κ3) is 3.98. The molecule has 3 aromatic rings. The second kappa shape index (κ2) is 7.37. The molecule has 2 heterocycles. The largest absolute Gasteiger partial charge is 0.395 e. The van der Waals surface area contributed by atoms with Crippen LogP contribution >= 0.6 is 11.6 Å². The van der Waals surface area contributed by atoms with Crippen LogP contribution in [0.2, 0.25) is 5.02 Å². The van der Waals surface area contributed by atoms with Crippen molar-refractivity contribution in [2.75, 3.05) is 13.2 Å². The summed E-state index contributed by atoms with van der Waals surface area (Å²) in [6.45, 7) is 0.388. The minimum Gasteiger partial charge on any atom is -0.395 e. The number of urea groups is 1. The topological polar surface area (TPSA) is 123 Å². The first kappa shape index (κ1) is 17.0. The zero-order valence-electron chi connectivity index (χ0n) is 13.1. The summed E-state index contributed by atoms with van der Waals surface area (Å²) in [7, 11) is 0. The van der Waals surface area contributed by atoms with E-state index in [9.17, 15) is 9.59 Å². The Balaban J connectivity index is 1.82. The number of benzene rings is 1. The van der Waals surface area contributed by atoms with Gasteiger partial charge in [0.05, 0.1) is 30.1 Å². The van der Waals surface area contributed by atoms with Gasteiger partial charge >= 0.3 is 6.03 Å². The van der Waals surface area contributed by atoms with Crippen molar-refractivity contribution >= 4 is 28.5 Å². The number of nitrogens with zero attached hydrogens (tertiary/aromatic N) is 1. The highest BCUT2D eigenvalue weighted by Gasteiger charge is 2.10. The van der Waals surface area contributed by atoms with Crippen LogP contribution in [-0.4, -0.2) is 39.2 Å². The molecule has 8 nitrogen and oxygen atoms in total. The molecule has 0 aliphatic carbocycles. The third-order valence-corrected chi connectivity index (χ3v) is 3.86. The van der Waals surface area contributed by atoms with E-state index < -0.39 is 0 Å². The van der Waals surface area contributed by atoms with E-state index in [0.717, 1.165) is 16.6 Å². The molecule has 0 saturated heterocycles. The number of fused-ring (bicyclic) bond motifs is 1. The standard InChI is InChI=1S/C16H16ClN5O3/c17-12-4-9-3-10(6-21-16(25)18-1-2-23)22-13(9)5-11(12)14-7-20-15(24)8-19-14/h3-5,7-8,22-23H,1-2,6H2,(H,20,24)(H2,18,21,25). The lowest BCUT2D eigenvalue weighted by Crippen LogP contribution is -2.36. The molecule has 0 spiro atoms. The first-order valence-electron chi connectivity index (χ1n) is 7.55. The van der Waals surface area contributed by atoms with E-state index >= 15 is 0 Å². The van der Waals surface area contributed by atoms with Crippen LogP contribution in [-0.2, 0) is 6.54 Å². The van der Waals surface area contributed by atoms with Crippen LogP contribution in [0.15, 0.2) is 35.4 Å². The fourth-order valence-corrected chi connectivity index (χ4v) is 2.67. The number of carbonyl (C=O) groups is 1. The molecule has 25 heavy (non-hydrogen) atoms. The van der Waals surface area contributed by atoms with Crippen LogP contribution in [0.25, 0.3) is 22.2 Å². The van der Waals surface area contributed by atoms with Gasteiger partial charge in [-0.1, -0.05) is 11.6 Å². The Bertz CT molecular complexity index is 946. The van der Waals surface area contributed by atoms with Gasteiger partial charge in [-0.05, 0) is 18.2 Å². The number of halogens is 1. The van der Waals surface area contributed by atoms with Gasteiger partial charge in [-0.2, -0.15) is 0 Å². The van der Waals surface area contributed by atoms with Gasteiger partial charge in [0.15, 0.2) is 0 Å². The number of hydrogen-bond acceptors (Lipinski definition) is 4. The number of aromatic amines is 2. The molecule has 0 fully saturated rings. The van der Waals surface area contributed by atoms with Crippen LogP contribution in [0.1, 0.15) is 5.69 Å². The summed E-state index contributed by atoms with van der Waals surface area (Å²) in [6.07, 6.45) is 2.71. The number of aliphatic hydroxyl groups is 1. The Morgan fingerprint density at radius 3 is 2.84 bits per heavy atom. The van der Waals surface area contributed by atoms with Gasteiger partial charge in [-0.25, -0.2) is 9.78 Å². The van der Waals surface area contributed by atoms with Crippen molar-refractivity contribution in [2.45, 2.75) is 6.54 Å². The molecule has 3 rings (SSSR count). The number of hydrogen-bond donors (Lipinski definition) is 5. The Kier molecular flexibility index (Phi) is 5.01. The average molecular weight is 362 g/mol. The second-order valence-electron chi connectivity index (χ2n) is 5.34. The summed E-state index contributed by atoms with van der Waals surface area (Å²) in [6, 6.07) is 5.17. The van der Waals surface area contributed by atoms with Gasteiger partial charge in [-0.3, -0.25) is 4.79 Å². The van der Waals surface area contributed by atoms with Crippen LogP contribution in [0, 0.1) is 0 Å². The van der Waals surface area contributed by atoms with Crippen molar-refractivity contribution in [1.82, 2.24) is 25.6 Å². The number of nitrogens with one attached hydrogen (secondary N) is 4. The SMILES string of the molecule is O=C(NCCO)NCc1cc2cc(Cl)c(-c3c[nH]c(=O)cn3)cc2[nH]1. The lowest BCUT2D eigenvalue weighted by Gasteiger charge is -2.04. The van der Waals surface area contributed by atoms with Gasteiger partial charge in [0.1, 0.15) is 0 Å². The van der Waals surface area contributed by atoms with E-state index in [2.05, 4.69) is 25.6 Å². The Morgan fingerprint density at radius 2 is 2.12 bits per heavy atom. The fraction of sp³-hybridized carbons (Fsp3) is 0.188. The summed E-state index contributed by atoms with van der Waals surface area (Å²) in [5, 5.41) is 15.3. The van der Waals surface area contributed by atoms with Gasteiger partial charge in [-0.15, -0.1) is 0 Å². The summed E-state index contributed by atoms with van der Waals surface area (Å²) in [4.78, 5) is 32.5. The molecule has 9 heteroatoms. The molecule has 0 radical (unpaired) electrons. The number of aromatic nitrogens is 3. The van der Waals surface area contributed by atoms with Crippen molar-refractivity contribution in [3.8, 4) is 11.3 Å². The van der Waals surface area contributed by atoms with E-state index in [1.165, 1.54) is 12.4 Å². The molecule has 2 aromatic heterocycles. The molecule has 0 aliphatic heterocycles. The monoisotopic (exact) mass is 361 g/mol. The lowest BCUT2D eigenvalue weighted by molar-refractivity contribution is 0.234. The van der Waals surface area contributed by atoms with Crippen molar-refractivity contribution in [3.05, 3.63) is 51.7 Å². The summed E-state index contributed by atoms with van der Waals surface area (Å²) in [5.74, 6) is 0. The van der Waals surface area contributed by atoms with Gasteiger partial charge in [0, 0.05) is 34.9 Å². The molecule has 0 unspecified atom stereocenters. The van der Waals surface area contributed by atoms with Gasteiger partial charge in [0.2, 0.25) is 0 Å². The minimum absolute atomic E-state index is 0.111. The highest BCUT2D eigenvalue weighted by Crippen LogP contribution is 2.30. The number of rotatable bonds is 5. The second-order valence-corrected chi connectivity index (χ2v) is 5.75. The molecule has 0 aliphatic rings. The zero-order valence-corrected chi connectivity index (χ0v) is 13.9. The van der Waals surface area contributed by atoms with Crippen LogP contribution in [0.3, 0.4) is 0 Å². The van der Waals surface area contributed by atoms with Crippen molar-refractivity contribution in [3.63, 3.8) is 0 Å². The van der Waals surface area contributed by atoms with Crippen molar-refractivity contribution in [2.24, 2.45) is 0 Å². The minimum atomic E-state index is -0.358. The maximum atomic E-state index is 11.5. The highest BCUT2D eigenvalue weighted by atomic mass is 35.5. The third-order valence-electron chi connectivity index (χ3n) is 3.55.